The number of rotatable bonds is 13. The number of H-pyrrole nitrogens is 1. The van der Waals surface area contributed by atoms with E-state index in [1.807, 2.05) is 24.3 Å². The fourth-order valence-corrected chi connectivity index (χ4v) is 3.40. The van der Waals surface area contributed by atoms with Gasteiger partial charge in [0.15, 0.2) is 5.96 Å². The van der Waals surface area contributed by atoms with E-state index < -0.39 is 41.8 Å². The Balaban J connectivity index is 2.24. The second-order valence-electron chi connectivity index (χ2n) is 7.97. The van der Waals surface area contributed by atoms with E-state index in [1.54, 1.807) is 6.20 Å². The molecule has 35 heavy (non-hydrogen) atoms. The molecule has 3 atom stereocenters. The van der Waals surface area contributed by atoms with Crippen molar-refractivity contribution in [2.75, 3.05) is 13.1 Å². The van der Waals surface area contributed by atoms with Gasteiger partial charge in [-0.05, 0) is 31.4 Å². The van der Waals surface area contributed by atoms with Gasteiger partial charge in [0, 0.05) is 30.1 Å². The summed E-state index contributed by atoms with van der Waals surface area (Å²) in [5.41, 5.74) is 17.6. The molecule has 2 rings (SSSR count). The van der Waals surface area contributed by atoms with Crippen LogP contribution >= 0.6 is 0 Å². The van der Waals surface area contributed by atoms with Crippen molar-refractivity contribution in [2.45, 2.75) is 44.3 Å². The van der Waals surface area contributed by atoms with Crippen LogP contribution < -0.4 is 33.2 Å². The maximum Gasteiger partial charge on any atom is 0.325 e. The summed E-state index contributed by atoms with van der Waals surface area (Å²) < 4.78 is 0. The fourth-order valence-electron chi connectivity index (χ4n) is 3.40. The van der Waals surface area contributed by atoms with Crippen molar-refractivity contribution in [3.8, 4) is 0 Å². The van der Waals surface area contributed by atoms with Gasteiger partial charge in [-0.1, -0.05) is 18.2 Å². The van der Waals surface area contributed by atoms with Gasteiger partial charge >= 0.3 is 5.97 Å². The normalized spacial score (nSPS) is 13.3. The van der Waals surface area contributed by atoms with E-state index in [-0.39, 0.29) is 31.9 Å². The molecular formula is C22H32N8O5. The van der Waals surface area contributed by atoms with E-state index >= 15 is 0 Å². The number of guanidine groups is 1. The van der Waals surface area contributed by atoms with E-state index in [2.05, 4.69) is 25.9 Å². The lowest BCUT2D eigenvalue weighted by molar-refractivity contribution is -0.141. The molecule has 3 unspecified atom stereocenters. The maximum absolute atomic E-state index is 13.1. The SMILES string of the molecule is CC(NC(=O)C(Cc1c[nH]c2ccccc12)NC(=O)C(CCCN=C(N)N)NC(=O)CN)C(=O)O. The number of amides is 3. The average molecular weight is 489 g/mol. The zero-order chi connectivity index (χ0) is 26.0. The number of hydrogen-bond donors (Lipinski definition) is 8. The molecule has 1 heterocycles. The first-order chi connectivity index (χ1) is 16.6. The summed E-state index contributed by atoms with van der Waals surface area (Å²) in [6, 6.07) is 4.15. The Kier molecular flexibility index (Phi) is 10.0. The van der Waals surface area contributed by atoms with Crippen LogP contribution in [0.25, 0.3) is 10.9 Å². The summed E-state index contributed by atoms with van der Waals surface area (Å²) in [6.07, 6.45) is 2.36. The topological polar surface area (TPSA) is 231 Å². The number of benzene rings is 1. The van der Waals surface area contributed by atoms with Gasteiger partial charge in [0.05, 0.1) is 6.54 Å². The Labute approximate surface area is 201 Å². The number of carboxylic acid groups (broad SMARTS) is 1. The zero-order valence-corrected chi connectivity index (χ0v) is 19.4. The lowest BCUT2D eigenvalue weighted by atomic mass is 10.0. The molecule has 2 aromatic rings. The molecule has 0 saturated heterocycles. The quantitative estimate of drug-likeness (QED) is 0.0915. The summed E-state index contributed by atoms with van der Waals surface area (Å²) in [6.45, 7) is 1.23. The number of aromatic amines is 1. The highest BCUT2D eigenvalue weighted by Crippen LogP contribution is 2.19. The molecule has 13 nitrogen and oxygen atoms in total. The minimum atomic E-state index is -1.22. The van der Waals surface area contributed by atoms with Gasteiger partial charge in [0.2, 0.25) is 17.7 Å². The Morgan fingerprint density at radius 3 is 2.40 bits per heavy atom. The molecule has 0 bridgehead atoms. The summed E-state index contributed by atoms with van der Waals surface area (Å²) >= 11 is 0. The third-order valence-corrected chi connectivity index (χ3v) is 5.24. The standard InChI is InChI=1S/C22H32N8O5/c1-12(21(34)35)28-20(33)17(9-13-11-27-15-6-3-2-5-14(13)15)30-19(32)16(29-18(31)10-23)7-4-8-26-22(24)25/h2-3,5-6,11-12,16-17,27H,4,7-10,23H2,1H3,(H,28,33)(H,29,31)(H,30,32)(H,34,35)(H4,24,25,26). The van der Waals surface area contributed by atoms with Crippen LogP contribution in [-0.2, 0) is 25.6 Å². The van der Waals surface area contributed by atoms with Crippen LogP contribution in [0, 0.1) is 0 Å². The lowest BCUT2D eigenvalue weighted by Crippen LogP contribution is -2.56. The number of nitrogens with one attached hydrogen (secondary N) is 4. The van der Waals surface area contributed by atoms with Crippen molar-refractivity contribution in [3.05, 3.63) is 36.0 Å². The van der Waals surface area contributed by atoms with Crippen molar-refractivity contribution in [1.29, 1.82) is 0 Å². The summed E-state index contributed by atoms with van der Waals surface area (Å²) in [5.74, 6) is -3.17. The van der Waals surface area contributed by atoms with Gasteiger partial charge in [-0.2, -0.15) is 0 Å². The van der Waals surface area contributed by atoms with Crippen molar-refractivity contribution < 1.29 is 24.3 Å². The molecule has 0 radical (unpaired) electrons. The van der Waals surface area contributed by atoms with E-state index in [0.29, 0.717) is 6.42 Å². The lowest BCUT2D eigenvalue weighted by Gasteiger charge is -2.24. The molecule has 0 spiro atoms. The monoisotopic (exact) mass is 488 g/mol. The number of carbonyl (C=O) groups excluding carboxylic acids is 3. The summed E-state index contributed by atoms with van der Waals surface area (Å²) in [4.78, 5) is 56.1. The van der Waals surface area contributed by atoms with Crippen LogP contribution in [0.5, 0.6) is 0 Å². The van der Waals surface area contributed by atoms with Crippen LogP contribution in [0.15, 0.2) is 35.5 Å². The number of carbonyl (C=O) groups is 4. The van der Waals surface area contributed by atoms with Crippen molar-refractivity contribution in [3.63, 3.8) is 0 Å². The Hall–Kier alpha value is -4.13. The summed E-state index contributed by atoms with van der Waals surface area (Å²) in [7, 11) is 0. The molecule has 0 saturated carbocycles. The maximum atomic E-state index is 13.1. The molecule has 13 heteroatoms. The fraction of sp³-hybridized carbons (Fsp3) is 0.409. The zero-order valence-electron chi connectivity index (χ0n) is 19.4. The van der Waals surface area contributed by atoms with Crippen LogP contribution in [0.3, 0.4) is 0 Å². The van der Waals surface area contributed by atoms with Crippen molar-refractivity contribution >= 4 is 40.6 Å². The minimum absolute atomic E-state index is 0.0828. The molecule has 11 N–H and O–H groups in total. The van der Waals surface area contributed by atoms with E-state index in [4.69, 9.17) is 17.2 Å². The Bertz CT molecular complexity index is 1080. The van der Waals surface area contributed by atoms with Crippen LogP contribution in [0.2, 0.25) is 0 Å². The number of aliphatic carboxylic acids is 1. The second-order valence-corrected chi connectivity index (χ2v) is 7.97. The third-order valence-electron chi connectivity index (χ3n) is 5.24. The predicted molar refractivity (Wildman–Crippen MR) is 130 cm³/mol. The highest BCUT2D eigenvalue weighted by Gasteiger charge is 2.29. The van der Waals surface area contributed by atoms with Gasteiger partial charge in [-0.25, -0.2) is 0 Å². The van der Waals surface area contributed by atoms with Crippen LogP contribution in [-0.4, -0.2) is 71.0 Å². The van der Waals surface area contributed by atoms with E-state index in [9.17, 15) is 24.3 Å². The van der Waals surface area contributed by atoms with Crippen molar-refractivity contribution in [1.82, 2.24) is 20.9 Å². The highest BCUT2D eigenvalue weighted by atomic mass is 16.4. The molecule has 0 fully saturated rings. The number of aliphatic imine (C=N–C) groups is 1. The molecule has 190 valence electrons. The smallest absolute Gasteiger partial charge is 0.325 e. The highest BCUT2D eigenvalue weighted by molar-refractivity contribution is 5.94. The first-order valence-corrected chi connectivity index (χ1v) is 11.1. The Morgan fingerprint density at radius 1 is 1.06 bits per heavy atom. The Morgan fingerprint density at radius 2 is 1.74 bits per heavy atom. The molecule has 3 amide bonds. The number of para-hydroxylation sites is 1. The first kappa shape index (κ1) is 27.1. The molecule has 1 aromatic heterocycles. The third kappa shape index (κ3) is 8.30. The molecular weight excluding hydrogens is 456 g/mol. The molecule has 0 aliphatic carbocycles. The molecule has 0 aliphatic rings. The van der Waals surface area contributed by atoms with Crippen LogP contribution in [0.1, 0.15) is 25.3 Å². The number of carboxylic acids is 1. The molecule has 1 aromatic carbocycles. The van der Waals surface area contributed by atoms with Gasteiger partial charge < -0.3 is 43.2 Å². The van der Waals surface area contributed by atoms with Gasteiger partial charge in [0.1, 0.15) is 18.1 Å². The van der Waals surface area contributed by atoms with Gasteiger partial charge in [0.25, 0.3) is 0 Å². The number of fused-ring (bicyclic) bond motifs is 1. The summed E-state index contributed by atoms with van der Waals surface area (Å²) in [5, 5.41) is 17.6. The van der Waals surface area contributed by atoms with Crippen molar-refractivity contribution in [2.24, 2.45) is 22.2 Å². The van der Waals surface area contributed by atoms with Gasteiger partial charge in [-0.3, -0.25) is 24.2 Å². The minimum Gasteiger partial charge on any atom is -0.480 e. The van der Waals surface area contributed by atoms with Crippen LogP contribution in [0.4, 0.5) is 0 Å². The first-order valence-electron chi connectivity index (χ1n) is 11.1. The average Bonchev–Trinajstić information content (AvgIpc) is 3.22. The van der Waals surface area contributed by atoms with E-state index in [1.165, 1.54) is 6.92 Å². The predicted octanol–water partition coefficient (Wildman–Crippen LogP) is -1.72. The number of hydrogen-bond acceptors (Lipinski definition) is 6. The second kappa shape index (κ2) is 12.9. The van der Waals surface area contributed by atoms with E-state index in [0.717, 1.165) is 16.5 Å². The van der Waals surface area contributed by atoms with Gasteiger partial charge in [-0.15, -0.1) is 0 Å². The number of aromatic nitrogens is 1. The largest absolute Gasteiger partial charge is 0.480 e. The molecule has 0 aliphatic heterocycles. The number of nitrogens with zero attached hydrogens (tertiary/aromatic N) is 1. The number of nitrogens with two attached hydrogens (primary N) is 3.